The van der Waals surface area contributed by atoms with Crippen molar-refractivity contribution < 1.29 is 4.74 Å². The Labute approximate surface area is 122 Å². The Morgan fingerprint density at radius 3 is 2.65 bits per heavy atom. The second-order valence-corrected chi connectivity index (χ2v) is 6.51. The van der Waals surface area contributed by atoms with E-state index in [1.807, 2.05) is 0 Å². The summed E-state index contributed by atoms with van der Waals surface area (Å²) >= 11 is 0. The first kappa shape index (κ1) is 14.1. The van der Waals surface area contributed by atoms with Crippen LogP contribution in [0.2, 0.25) is 0 Å². The van der Waals surface area contributed by atoms with Crippen LogP contribution in [0.3, 0.4) is 0 Å². The number of ether oxygens (including phenoxy) is 1. The summed E-state index contributed by atoms with van der Waals surface area (Å²) in [6.45, 7) is 6.59. The summed E-state index contributed by atoms with van der Waals surface area (Å²) in [6, 6.07) is 9.28. The standard InChI is InChI=1S/C18H27NO/c1-3-10-19-18-16-7-5-4-6-15(16)13(2)11-17(18)20-12-14-8-9-14/h4-7,13-14,17-19H,3,8-12H2,1-2H3. The predicted octanol–water partition coefficient (Wildman–Crippen LogP) is 4.03. The Morgan fingerprint density at radius 1 is 1.20 bits per heavy atom. The van der Waals surface area contributed by atoms with Crippen molar-refractivity contribution in [3.8, 4) is 0 Å². The van der Waals surface area contributed by atoms with E-state index in [1.165, 1.54) is 30.4 Å². The lowest BCUT2D eigenvalue weighted by Crippen LogP contribution is -2.39. The zero-order valence-corrected chi connectivity index (χ0v) is 12.8. The minimum absolute atomic E-state index is 0.340. The maximum absolute atomic E-state index is 6.28. The van der Waals surface area contributed by atoms with Crippen LogP contribution in [0, 0.1) is 5.92 Å². The zero-order chi connectivity index (χ0) is 13.9. The highest BCUT2D eigenvalue weighted by molar-refractivity contribution is 5.36. The van der Waals surface area contributed by atoms with E-state index in [9.17, 15) is 0 Å². The van der Waals surface area contributed by atoms with Gasteiger partial charge in [-0.05, 0) is 55.2 Å². The van der Waals surface area contributed by atoms with E-state index in [2.05, 4.69) is 43.4 Å². The molecular weight excluding hydrogens is 246 g/mol. The molecule has 20 heavy (non-hydrogen) atoms. The predicted molar refractivity (Wildman–Crippen MR) is 83.0 cm³/mol. The molecule has 3 atom stereocenters. The molecule has 0 radical (unpaired) electrons. The van der Waals surface area contributed by atoms with Gasteiger partial charge in [-0.2, -0.15) is 0 Å². The van der Waals surface area contributed by atoms with E-state index in [1.54, 1.807) is 0 Å². The van der Waals surface area contributed by atoms with E-state index in [0.29, 0.717) is 18.1 Å². The van der Waals surface area contributed by atoms with Crippen molar-refractivity contribution in [2.45, 2.75) is 57.6 Å². The average Bonchev–Trinajstić information content (AvgIpc) is 3.29. The van der Waals surface area contributed by atoms with Gasteiger partial charge in [0, 0.05) is 6.61 Å². The summed E-state index contributed by atoms with van der Waals surface area (Å²) in [5.41, 5.74) is 2.97. The summed E-state index contributed by atoms with van der Waals surface area (Å²) < 4.78 is 6.28. The third-order valence-electron chi connectivity index (χ3n) is 4.68. The SMILES string of the molecule is CCCNC1c2ccccc2C(C)CC1OCC1CC1. The molecule has 0 amide bonds. The lowest BCUT2D eigenvalue weighted by Gasteiger charge is -2.37. The molecule has 2 aliphatic carbocycles. The molecule has 2 nitrogen and oxygen atoms in total. The molecule has 0 aliphatic heterocycles. The van der Waals surface area contributed by atoms with Gasteiger partial charge in [-0.15, -0.1) is 0 Å². The molecule has 1 aromatic carbocycles. The molecule has 2 heteroatoms. The van der Waals surface area contributed by atoms with Crippen LogP contribution in [0.5, 0.6) is 0 Å². The molecule has 2 aliphatic rings. The quantitative estimate of drug-likeness (QED) is 0.845. The van der Waals surface area contributed by atoms with E-state index < -0.39 is 0 Å². The fraction of sp³-hybridized carbons (Fsp3) is 0.667. The first-order chi connectivity index (χ1) is 9.79. The third kappa shape index (κ3) is 3.07. The maximum atomic E-state index is 6.28. The maximum Gasteiger partial charge on any atom is 0.0775 e. The Hall–Kier alpha value is -0.860. The first-order valence-electron chi connectivity index (χ1n) is 8.23. The Bertz CT molecular complexity index is 441. The Balaban J connectivity index is 1.78. The number of rotatable bonds is 6. The van der Waals surface area contributed by atoms with Gasteiger partial charge in [0.05, 0.1) is 12.1 Å². The van der Waals surface area contributed by atoms with Crippen LogP contribution >= 0.6 is 0 Å². The van der Waals surface area contributed by atoms with Crippen LogP contribution in [-0.4, -0.2) is 19.3 Å². The number of hydrogen-bond acceptors (Lipinski definition) is 2. The number of hydrogen-bond donors (Lipinski definition) is 1. The second kappa shape index (κ2) is 6.28. The minimum atomic E-state index is 0.340. The van der Waals surface area contributed by atoms with Crippen molar-refractivity contribution in [3.63, 3.8) is 0 Å². The molecule has 3 rings (SSSR count). The molecule has 3 unspecified atom stereocenters. The molecule has 0 saturated heterocycles. The van der Waals surface area contributed by atoms with Gasteiger partial charge < -0.3 is 10.1 Å². The van der Waals surface area contributed by atoms with Gasteiger partial charge in [-0.1, -0.05) is 38.1 Å². The topological polar surface area (TPSA) is 21.3 Å². The Kier molecular flexibility index (Phi) is 4.42. The van der Waals surface area contributed by atoms with Gasteiger partial charge in [0.15, 0.2) is 0 Å². The van der Waals surface area contributed by atoms with Crippen LogP contribution in [0.15, 0.2) is 24.3 Å². The summed E-state index contributed by atoms with van der Waals surface area (Å²) in [4.78, 5) is 0. The normalized spacial score (nSPS) is 29.2. The van der Waals surface area contributed by atoms with E-state index in [0.717, 1.165) is 25.5 Å². The number of nitrogens with one attached hydrogen (secondary N) is 1. The summed E-state index contributed by atoms with van der Waals surface area (Å²) in [5.74, 6) is 1.45. The van der Waals surface area contributed by atoms with Gasteiger partial charge in [0.2, 0.25) is 0 Å². The van der Waals surface area contributed by atoms with Crippen molar-refractivity contribution in [1.29, 1.82) is 0 Å². The van der Waals surface area contributed by atoms with Gasteiger partial charge in [0.25, 0.3) is 0 Å². The highest BCUT2D eigenvalue weighted by Gasteiger charge is 2.34. The molecule has 1 N–H and O–H groups in total. The molecule has 0 aromatic heterocycles. The van der Waals surface area contributed by atoms with Crippen molar-refractivity contribution in [2.75, 3.05) is 13.2 Å². The highest BCUT2D eigenvalue weighted by Crippen LogP contribution is 2.40. The summed E-state index contributed by atoms with van der Waals surface area (Å²) in [5, 5.41) is 3.72. The van der Waals surface area contributed by atoms with Crippen LogP contribution in [0.1, 0.15) is 62.6 Å². The molecule has 1 saturated carbocycles. The van der Waals surface area contributed by atoms with E-state index in [-0.39, 0.29) is 0 Å². The van der Waals surface area contributed by atoms with Crippen LogP contribution in [0.4, 0.5) is 0 Å². The fourth-order valence-electron chi connectivity index (χ4n) is 3.30. The van der Waals surface area contributed by atoms with Crippen LogP contribution < -0.4 is 5.32 Å². The van der Waals surface area contributed by atoms with Crippen molar-refractivity contribution in [1.82, 2.24) is 5.32 Å². The molecule has 0 heterocycles. The lowest BCUT2D eigenvalue weighted by molar-refractivity contribution is 0.00513. The molecule has 1 aromatic rings. The van der Waals surface area contributed by atoms with Crippen molar-refractivity contribution in [3.05, 3.63) is 35.4 Å². The smallest absolute Gasteiger partial charge is 0.0775 e. The largest absolute Gasteiger partial charge is 0.376 e. The Morgan fingerprint density at radius 2 is 1.95 bits per heavy atom. The van der Waals surface area contributed by atoms with E-state index in [4.69, 9.17) is 4.74 Å². The summed E-state index contributed by atoms with van der Waals surface area (Å²) in [7, 11) is 0. The molecule has 0 bridgehead atoms. The monoisotopic (exact) mass is 273 g/mol. The average molecular weight is 273 g/mol. The highest BCUT2D eigenvalue weighted by atomic mass is 16.5. The van der Waals surface area contributed by atoms with E-state index >= 15 is 0 Å². The molecule has 0 spiro atoms. The lowest BCUT2D eigenvalue weighted by atomic mass is 9.79. The molecule has 110 valence electrons. The van der Waals surface area contributed by atoms with Gasteiger partial charge in [-0.25, -0.2) is 0 Å². The van der Waals surface area contributed by atoms with Crippen LogP contribution in [-0.2, 0) is 4.74 Å². The molecule has 1 fully saturated rings. The number of fused-ring (bicyclic) bond motifs is 1. The first-order valence-corrected chi connectivity index (χ1v) is 8.23. The number of benzene rings is 1. The third-order valence-corrected chi connectivity index (χ3v) is 4.68. The van der Waals surface area contributed by atoms with Crippen molar-refractivity contribution >= 4 is 0 Å². The van der Waals surface area contributed by atoms with Gasteiger partial charge >= 0.3 is 0 Å². The minimum Gasteiger partial charge on any atom is -0.376 e. The van der Waals surface area contributed by atoms with Crippen LogP contribution in [0.25, 0.3) is 0 Å². The van der Waals surface area contributed by atoms with Gasteiger partial charge in [0.1, 0.15) is 0 Å². The van der Waals surface area contributed by atoms with Crippen molar-refractivity contribution in [2.24, 2.45) is 5.92 Å². The fourth-order valence-corrected chi connectivity index (χ4v) is 3.30. The zero-order valence-electron chi connectivity index (χ0n) is 12.8. The summed E-state index contributed by atoms with van der Waals surface area (Å²) in [6.07, 6.45) is 5.39. The second-order valence-electron chi connectivity index (χ2n) is 6.51. The van der Waals surface area contributed by atoms with Gasteiger partial charge in [-0.3, -0.25) is 0 Å². The molecular formula is C18H27NO.